The number of carbonyl (C=O) groups is 1. The standard InChI is InChI=1S/C16H17Cl2NO3/c1-8-14(10(3)20)9(2)19-15(8)16(21)22-7-11-4-5-12(17)6-13(11)18/h4-6,10,19-20H,7H2,1-3H3/t10-/m1/s1. The van der Waals surface area contributed by atoms with E-state index >= 15 is 0 Å². The number of aromatic amines is 1. The SMILES string of the molecule is Cc1[nH]c(C(=O)OCc2ccc(Cl)cc2Cl)c(C)c1[C@@H](C)O. The van der Waals surface area contributed by atoms with E-state index in [1.807, 2.05) is 6.92 Å². The van der Waals surface area contributed by atoms with E-state index in [1.54, 1.807) is 32.0 Å². The van der Waals surface area contributed by atoms with E-state index in [9.17, 15) is 9.90 Å². The summed E-state index contributed by atoms with van der Waals surface area (Å²) in [5.41, 5.74) is 3.19. The normalized spacial score (nSPS) is 12.3. The molecule has 1 heterocycles. The van der Waals surface area contributed by atoms with Crippen molar-refractivity contribution in [2.45, 2.75) is 33.5 Å². The van der Waals surface area contributed by atoms with Gasteiger partial charge in [0.15, 0.2) is 0 Å². The third kappa shape index (κ3) is 3.46. The second-order valence-electron chi connectivity index (χ2n) is 5.15. The number of ether oxygens (including phenoxy) is 1. The number of aryl methyl sites for hydroxylation is 1. The lowest BCUT2D eigenvalue weighted by Crippen LogP contribution is -2.08. The third-order valence-corrected chi connectivity index (χ3v) is 4.08. The number of nitrogens with one attached hydrogen (secondary N) is 1. The molecule has 0 saturated heterocycles. The Morgan fingerprint density at radius 2 is 2.05 bits per heavy atom. The summed E-state index contributed by atoms with van der Waals surface area (Å²) >= 11 is 11.9. The number of H-pyrrole nitrogens is 1. The molecule has 118 valence electrons. The van der Waals surface area contributed by atoms with Crippen LogP contribution in [0.2, 0.25) is 10.0 Å². The number of hydrogen-bond donors (Lipinski definition) is 2. The molecule has 4 nitrogen and oxygen atoms in total. The van der Waals surface area contributed by atoms with Crippen LogP contribution in [-0.4, -0.2) is 16.1 Å². The van der Waals surface area contributed by atoms with E-state index in [2.05, 4.69) is 4.98 Å². The van der Waals surface area contributed by atoms with Gasteiger partial charge >= 0.3 is 5.97 Å². The van der Waals surface area contributed by atoms with Gasteiger partial charge in [0.05, 0.1) is 6.10 Å². The maximum Gasteiger partial charge on any atom is 0.355 e. The molecular weight excluding hydrogens is 325 g/mol. The Kier molecular flexibility index (Phi) is 5.16. The lowest BCUT2D eigenvalue weighted by atomic mass is 10.1. The summed E-state index contributed by atoms with van der Waals surface area (Å²) < 4.78 is 5.28. The number of aliphatic hydroxyl groups is 1. The minimum Gasteiger partial charge on any atom is -0.456 e. The first kappa shape index (κ1) is 16.9. The number of rotatable bonds is 4. The van der Waals surface area contributed by atoms with Crippen molar-refractivity contribution < 1.29 is 14.6 Å². The number of carbonyl (C=O) groups excluding carboxylic acids is 1. The van der Waals surface area contributed by atoms with Crippen LogP contribution in [0.1, 0.15) is 45.9 Å². The van der Waals surface area contributed by atoms with Gasteiger partial charge in [0.25, 0.3) is 0 Å². The van der Waals surface area contributed by atoms with Gasteiger partial charge in [0.2, 0.25) is 0 Å². The van der Waals surface area contributed by atoms with Crippen molar-refractivity contribution >= 4 is 29.2 Å². The third-order valence-electron chi connectivity index (χ3n) is 3.49. The monoisotopic (exact) mass is 341 g/mol. The average molecular weight is 342 g/mol. The second-order valence-corrected chi connectivity index (χ2v) is 6.00. The number of aromatic nitrogens is 1. The van der Waals surface area contributed by atoms with Crippen LogP contribution in [0.25, 0.3) is 0 Å². The maximum absolute atomic E-state index is 12.2. The van der Waals surface area contributed by atoms with Crippen molar-refractivity contribution in [2.75, 3.05) is 0 Å². The zero-order chi connectivity index (χ0) is 16.4. The van der Waals surface area contributed by atoms with Gasteiger partial charge in [0, 0.05) is 26.9 Å². The molecule has 0 aliphatic carbocycles. The summed E-state index contributed by atoms with van der Waals surface area (Å²) in [6.07, 6.45) is -0.650. The van der Waals surface area contributed by atoms with Crippen LogP contribution in [0.3, 0.4) is 0 Å². The molecule has 22 heavy (non-hydrogen) atoms. The molecule has 0 bridgehead atoms. The Bertz CT molecular complexity index is 708. The molecule has 0 saturated carbocycles. The fourth-order valence-corrected chi connectivity index (χ4v) is 2.91. The van der Waals surface area contributed by atoms with Crippen molar-refractivity contribution in [1.82, 2.24) is 4.98 Å². The molecule has 0 fully saturated rings. The molecule has 0 aliphatic heterocycles. The Hall–Kier alpha value is -1.49. The van der Waals surface area contributed by atoms with Gasteiger partial charge in [-0.15, -0.1) is 0 Å². The summed E-state index contributed by atoms with van der Waals surface area (Å²) in [4.78, 5) is 15.2. The van der Waals surface area contributed by atoms with Gasteiger partial charge in [-0.25, -0.2) is 4.79 Å². The van der Waals surface area contributed by atoms with E-state index in [0.29, 0.717) is 26.9 Å². The van der Waals surface area contributed by atoms with E-state index in [-0.39, 0.29) is 6.61 Å². The maximum atomic E-state index is 12.2. The van der Waals surface area contributed by atoms with Crippen LogP contribution in [-0.2, 0) is 11.3 Å². The number of benzene rings is 1. The predicted molar refractivity (Wildman–Crippen MR) is 86.5 cm³/mol. The summed E-state index contributed by atoms with van der Waals surface area (Å²) in [5.74, 6) is -0.487. The highest BCUT2D eigenvalue weighted by molar-refractivity contribution is 6.35. The second kappa shape index (κ2) is 6.73. The first-order chi connectivity index (χ1) is 10.3. The van der Waals surface area contributed by atoms with Crippen molar-refractivity contribution in [3.8, 4) is 0 Å². The molecule has 0 amide bonds. The Labute approximate surface area is 139 Å². The average Bonchev–Trinajstić information content (AvgIpc) is 2.72. The summed E-state index contributed by atoms with van der Waals surface area (Å²) in [6.45, 7) is 5.29. The fourth-order valence-electron chi connectivity index (χ4n) is 2.45. The van der Waals surface area contributed by atoms with Crippen molar-refractivity contribution in [2.24, 2.45) is 0 Å². The van der Waals surface area contributed by atoms with Crippen molar-refractivity contribution in [3.63, 3.8) is 0 Å². The molecule has 1 aromatic heterocycles. The first-order valence-corrected chi connectivity index (χ1v) is 7.55. The molecule has 6 heteroatoms. The number of halogens is 2. The van der Waals surface area contributed by atoms with Crippen LogP contribution in [0.15, 0.2) is 18.2 Å². The topological polar surface area (TPSA) is 62.3 Å². The molecule has 1 aromatic carbocycles. The number of esters is 1. The van der Waals surface area contributed by atoms with Gasteiger partial charge in [-0.1, -0.05) is 29.3 Å². The highest BCUT2D eigenvalue weighted by atomic mass is 35.5. The molecular formula is C16H17Cl2NO3. The van der Waals surface area contributed by atoms with Crippen LogP contribution in [0.5, 0.6) is 0 Å². The number of hydrogen-bond acceptors (Lipinski definition) is 3. The van der Waals surface area contributed by atoms with Crippen molar-refractivity contribution in [1.29, 1.82) is 0 Å². The molecule has 0 radical (unpaired) electrons. The molecule has 0 unspecified atom stereocenters. The van der Waals surface area contributed by atoms with E-state index in [0.717, 1.165) is 11.3 Å². The van der Waals surface area contributed by atoms with Gasteiger partial charge in [-0.2, -0.15) is 0 Å². The van der Waals surface area contributed by atoms with Crippen LogP contribution >= 0.6 is 23.2 Å². The van der Waals surface area contributed by atoms with Gasteiger partial charge in [0.1, 0.15) is 12.3 Å². The first-order valence-electron chi connectivity index (χ1n) is 6.79. The Morgan fingerprint density at radius 1 is 1.36 bits per heavy atom. The van der Waals surface area contributed by atoms with Gasteiger partial charge in [-0.05, 0) is 38.5 Å². The predicted octanol–water partition coefficient (Wildman–Crippen LogP) is 4.35. The highest BCUT2D eigenvalue weighted by Crippen LogP contribution is 2.26. The van der Waals surface area contributed by atoms with Gasteiger partial charge < -0.3 is 14.8 Å². The van der Waals surface area contributed by atoms with Crippen LogP contribution < -0.4 is 0 Å². The molecule has 1 atom stereocenters. The minimum absolute atomic E-state index is 0.0519. The molecule has 2 rings (SSSR count). The Balaban J connectivity index is 2.15. The minimum atomic E-state index is -0.650. The van der Waals surface area contributed by atoms with Crippen LogP contribution in [0.4, 0.5) is 0 Å². The lowest BCUT2D eigenvalue weighted by Gasteiger charge is -2.07. The Morgan fingerprint density at radius 3 is 2.59 bits per heavy atom. The van der Waals surface area contributed by atoms with Crippen LogP contribution in [0, 0.1) is 13.8 Å². The highest BCUT2D eigenvalue weighted by Gasteiger charge is 2.21. The number of aliphatic hydroxyl groups excluding tert-OH is 1. The smallest absolute Gasteiger partial charge is 0.355 e. The quantitative estimate of drug-likeness (QED) is 0.812. The van der Waals surface area contributed by atoms with Crippen molar-refractivity contribution in [3.05, 3.63) is 56.3 Å². The molecule has 2 aromatic rings. The summed E-state index contributed by atoms with van der Waals surface area (Å²) in [6, 6.07) is 5.00. The lowest BCUT2D eigenvalue weighted by molar-refractivity contribution is 0.0465. The largest absolute Gasteiger partial charge is 0.456 e. The van der Waals surface area contributed by atoms with E-state index in [1.165, 1.54) is 0 Å². The van der Waals surface area contributed by atoms with E-state index in [4.69, 9.17) is 27.9 Å². The van der Waals surface area contributed by atoms with Gasteiger partial charge in [-0.3, -0.25) is 0 Å². The zero-order valence-corrected chi connectivity index (χ0v) is 14.0. The molecule has 0 spiro atoms. The zero-order valence-electron chi connectivity index (χ0n) is 12.5. The molecule has 0 aliphatic rings. The summed E-state index contributed by atoms with van der Waals surface area (Å²) in [5, 5.41) is 10.7. The van der Waals surface area contributed by atoms with E-state index < -0.39 is 12.1 Å². The summed E-state index contributed by atoms with van der Waals surface area (Å²) in [7, 11) is 0. The fraction of sp³-hybridized carbons (Fsp3) is 0.312. The molecule has 2 N–H and O–H groups in total.